The van der Waals surface area contributed by atoms with E-state index in [1.54, 1.807) is 0 Å². The minimum absolute atomic E-state index is 0.0403. The summed E-state index contributed by atoms with van der Waals surface area (Å²) in [6, 6.07) is 16.7. The van der Waals surface area contributed by atoms with Crippen molar-refractivity contribution in [3.8, 4) is 0 Å². The molecule has 1 aromatic heterocycles. The number of unbranched alkanes of at least 4 members (excludes halogenated alkanes) is 6. The molecule has 2 N–H and O–H groups in total. The average molecular weight is 530 g/mol. The normalized spacial score (nSPS) is 17.2. The Morgan fingerprint density at radius 1 is 0.872 bits per heavy atom. The van der Waals surface area contributed by atoms with Crippen molar-refractivity contribution in [2.24, 2.45) is 5.92 Å². The fourth-order valence-corrected chi connectivity index (χ4v) is 5.61. The van der Waals surface area contributed by atoms with E-state index in [2.05, 4.69) is 35.8 Å². The van der Waals surface area contributed by atoms with Crippen LogP contribution in [0.15, 0.2) is 48.5 Å². The van der Waals surface area contributed by atoms with E-state index in [1.165, 1.54) is 50.5 Å². The van der Waals surface area contributed by atoms with Crippen LogP contribution in [-0.2, 0) is 6.42 Å². The minimum Gasteiger partial charge on any atom is -0.362 e. The van der Waals surface area contributed by atoms with Gasteiger partial charge in [-0.05, 0) is 74.3 Å². The van der Waals surface area contributed by atoms with E-state index in [0.29, 0.717) is 17.9 Å². The van der Waals surface area contributed by atoms with Gasteiger partial charge in [-0.2, -0.15) is 4.98 Å². The lowest BCUT2D eigenvalue weighted by atomic mass is 9.86. The second kappa shape index (κ2) is 14.9. The number of hydrogen-bond acceptors (Lipinski definition) is 5. The van der Waals surface area contributed by atoms with E-state index >= 15 is 0 Å². The molecule has 0 radical (unpaired) electrons. The zero-order valence-electron chi connectivity index (χ0n) is 24.2. The van der Waals surface area contributed by atoms with E-state index in [0.717, 1.165) is 60.9 Å². The van der Waals surface area contributed by atoms with Gasteiger partial charge in [0.1, 0.15) is 5.82 Å². The van der Waals surface area contributed by atoms with Gasteiger partial charge in [0.25, 0.3) is 5.91 Å². The number of nitrogens with zero attached hydrogens (tertiary/aromatic N) is 3. The van der Waals surface area contributed by atoms with Gasteiger partial charge < -0.3 is 15.5 Å². The molecule has 39 heavy (non-hydrogen) atoms. The molecular formula is C33H47N5O. The van der Waals surface area contributed by atoms with Gasteiger partial charge in [0.15, 0.2) is 0 Å². The first-order valence-corrected chi connectivity index (χ1v) is 15.1. The third-order valence-corrected chi connectivity index (χ3v) is 8.02. The molecule has 0 bridgehead atoms. The Bertz CT molecular complexity index is 1170. The van der Waals surface area contributed by atoms with Crippen LogP contribution in [0.5, 0.6) is 0 Å². The number of para-hydroxylation sites is 1. The van der Waals surface area contributed by atoms with Crippen molar-refractivity contribution in [3.05, 3.63) is 59.7 Å². The monoisotopic (exact) mass is 529 g/mol. The maximum Gasteiger partial charge on any atom is 0.251 e. The van der Waals surface area contributed by atoms with Crippen LogP contribution in [0.4, 0.5) is 11.8 Å². The molecule has 1 aliphatic carbocycles. The average Bonchev–Trinajstić information content (AvgIpc) is 2.96. The maximum atomic E-state index is 12.7. The lowest BCUT2D eigenvalue weighted by Gasteiger charge is -2.29. The topological polar surface area (TPSA) is 70.2 Å². The number of carbonyl (C=O) groups excluding carboxylic acids is 1. The van der Waals surface area contributed by atoms with Gasteiger partial charge in [0, 0.05) is 37.6 Å². The van der Waals surface area contributed by atoms with E-state index < -0.39 is 0 Å². The molecule has 1 saturated carbocycles. The highest BCUT2D eigenvalue weighted by molar-refractivity contribution is 5.94. The van der Waals surface area contributed by atoms with Crippen LogP contribution in [0.25, 0.3) is 10.9 Å². The summed E-state index contributed by atoms with van der Waals surface area (Å²) in [6.45, 7) is 3.00. The van der Waals surface area contributed by atoms with E-state index in [-0.39, 0.29) is 5.91 Å². The lowest BCUT2D eigenvalue weighted by molar-refractivity contribution is 0.0943. The van der Waals surface area contributed by atoms with Gasteiger partial charge >= 0.3 is 0 Å². The standard InChI is InChI=1S/C33H47N5O/c1-4-5-6-7-8-9-10-13-25-16-20-27(21-17-25)32(39)34-24-26-18-22-28(23-19-26)35-33-36-30-15-12-11-14-29(30)31(37-33)38(2)3/h11-12,14-17,20-21,26,28H,4-10,13,18-19,22-24H2,1-3H3,(H,34,39)(H,35,36,37). The Morgan fingerprint density at radius 3 is 2.28 bits per heavy atom. The molecule has 210 valence electrons. The summed E-state index contributed by atoms with van der Waals surface area (Å²) in [6.07, 6.45) is 14.7. The molecule has 0 saturated heterocycles. The molecule has 2 aromatic carbocycles. The number of benzene rings is 2. The molecule has 0 unspecified atom stereocenters. The summed E-state index contributed by atoms with van der Waals surface area (Å²) >= 11 is 0. The largest absolute Gasteiger partial charge is 0.362 e. The Kier molecular flexibility index (Phi) is 11.0. The van der Waals surface area contributed by atoms with Crippen molar-refractivity contribution in [3.63, 3.8) is 0 Å². The van der Waals surface area contributed by atoms with Crippen molar-refractivity contribution in [1.82, 2.24) is 15.3 Å². The van der Waals surface area contributed by atoms with E-state index in [9.17, 15) is 4.79 Å². The van der Waals surface area contributed by atoms with Gasteiger partial charge in [-0.3, -0.25) is 4.79 Å². The number of anilines is 2. The zero-order chi connectivity index (χ0) is 27.5. The predicted molar refractivity (Wildman–Crippen MR) is 164 cm³/mol. The number of nitrogens with one attached hydrogen (secondary N) is 2. The molecule has 1 aliphatic rings. The number of amides is 1. The van der Waals surface area contributed by atoms with Gasteiger partial charge in [-0.15, -0.1) is 0 Å². The van der Waals surface area contributed by atoms with E-state index in [1.807, 2.05) is 49.3 Å². The third-order valence-electron chi connectivity index (χ3n) is 8.02. The summed E-state index contributed by atoms with van der Waals surface area (Å²) in [7, 11) is 4.04. The molecule has 1 amide bonds. The van der Waals surface area contributed by atoms with Crippen molar-refractivity contribution >= 4 is 28.6 Å². The first-order chi connectivity index (χ1) is 19.0. The van der Waals surface area contributed by atoms with Crippen LogP contribution < -0.4 is 15.5 Å². The number of hydrogen-bond donors (Lipinski definition) is 2. The quantitative estimate of drug-likeness (QED) is 0.213. The number of rotatable bonds is 14. The number of aromatic nitrogens is 2. The predicted octanol–water partition coefficient (Wildman–Crippen LogP) is 7.39. The molecule has 6 nitrogen and oxygen atoms in total. The molecular weight excluding hydrogens is 482 g/mol. The minimum atomic E-state index is 0.0403. The molecule has 0 spiro atoms. The summed E-state index contributed by atoms with van der Waals surface area (Å²) in [5.41, 5.74) is 3.05. The Morgan fingerprint density at radius 2 is 1.56 bits per heavy atom. The SMILES string of the molecule is CCCCCCCCCc1ccc(C(=O)NCC2CCC(Nc3nc(N(C)C)c4ccccc4n3)CC2)cc1. The zero-order valence-corrected chi connectivity index (χ0v) is 24.2. The molecule has 0 aliphatic heterocycles. The molecule has 1 fully saturated rings. The van der Waals surface area contributed by atoms with Gasteiger partial charge in [0.2, 0.25) is 5.95 Å². The summed E-state index contributed by atoms with van der Waals surface area (Å²) < 4.78 is 0. The van der Waals surface area contributed by atoms with Crippen molar-refractivity contribution in [2.45, 2.75) is 90.0 Å². The van der Waals surface area contributed by atoms with E-state index in [4.69, 9.17) is 9.97 Å². The highest BCUT2D eigenvalue weighted by atomic mass is 16.1. The first-order valence-electron chi connectivity index (χ1n) is 15.1. The number of carbonyl (C=O) groups is 1. The van der Waals surface area contributed by atoms with Gasteiger partial charge in [-0.25, -0.2) is 4.98 Å². The van der Waals surface area contributed by atoms with Crippen LogP contribution in [0.2, 0.25) is 0 Å². The molecule has 1 heterocycles. The van der Waals surface area contributed by atoms with Crippen LogP contribution >= 0.6 is 0 Å². The Balaban J connectivity index is 1.17. The van der Waals surface area contributed by atoms with Crippen molar-refractivity contribution in [1.29, 1.82) is 0 Å². The third kappa shape index (κ3) is 8.67. The highest BCUT2D eigenvalue weighted by Gasteiger charge is 2.23. The van der Waals surface area contributed by atoms with Gasteiger partial charge in [-0.1, -0.05) is 69.7 Å². The molecule has 4 rings (SSSR count). The molecule has 6 heteroatoms. The summed E-state index contributed by atoms with van der Waals surface area (Å²) in [5, 5.41) is 7.82. The second-order valence-electron chi connectivity index (χ2n) is 11.4. The lowest BCUT2D eigenvalue weighted by Crippen LogP contribution is -2.34. The fraction of sp³-hybridized carbons (Fsp3) is 0.545. The smallest absolute Gasteiger partial charge is 0.251 e. The van der Waals surface area contributed by atoms with Crippen LogP contribution in [0.3, 0.4) is 0 Å². The summed E-state index contributed by atoms with van der Waals surface area (Å²) in [5.74, 6) is 2.19. The van der Waals surface area contributed by atoms with Crippen LogP contribution in [0.1, 0.15) is 93.5 Å². The van der Waals surface area contributed by atoms with Crippen molar-refractivity contribution in [2.75, 3.05) is 30.9 Å². The fourth-order valence-electron chi connectivity index (χ4n) is 5.61. The first kappa shape index (κ1) is 28.8. The van der Waals surface area contributed by atoms with Gasteiger partial charge in [0.05, 0.1) is 5.52 Å². The molecule has 3 aromatic rings. The maximum absolute atomic E-state index is 12.7. The van der Waals surface area contributed by atoms with Crippen LogP contribution in [-0.4, -0.2) is 42.6 Å². The summed E-state index contributed by atoms with van der Waals surface area (Å²) in [4.78, 5) is 24.3. The highest BCUT2D eigenvalue weighted by Crippen LogP contribution is 2.28. The number of fused-ring (bicyclic) bond motifs is 1. The number of aryl methyl sites for hydroxylation is 1. The second-order valence-corrected chi connectivity index (χ2v) is 11.4. The Hall–Kier alpha value is -3.15. The Labute approximate surface area is 235 Å². The van der Waals surface area contributed by atoms with Crippen molar-refractivity contribution < 1.29 is 4.79 Å². The van der Waals surface area contributed by atoms with Crippen LogP contribution in [0, 0.1) is 5.92 Å². The molecule has 0 atom stereocenters.